The molecule has 0 saturated heterocycles. The number of hydrogen-bond acceptors (Lipinski definition) is 4. The molecule has 0 unspecified atom stereocenters. The first-order valence-corrected chi connectivity index (χ1v) is 6.10. The Morgan fingerprint density at radius 3 is 2.61 bits per heavy atom. The maximum Gasteiger partial charge on any atom is 0.269 e. The van der Waals surface area contributed by atoms with Gasteiger partial charge in [0.1, 0.15) is 16.9 Å². The average Bonchev–Trinajstić information content (AvgIpc) is 2.88. The Morgan fingerprint density at radius 1 is 1.28 bits per heavy atom. The Balaban J connectivity index is 2.13. The molecular weight excluding hydrogens is 250 g/mol. The maximum absolute atomic E-state index is 12.0. The Morgan fingerprint density at radius 2 is 2.00 bits per heavy atom. The fourth-order valence-corrected chi connectivity index (χ4v) is 2.21. The number of carbonyl (C=O) groups excluding carboxylic acids is 2. The third-order valence-corrected chi connectivity index (χ3v) is 3.25. The zero-order chi connectivity index (χ0) is 13.0. The van der Waals surface area contributed by atoms with Crippen LogP contribution >= 0.6 is 11.3 Å². The third-order valence-electron chi connectivity index (χ3n) is 2.36. The smallest absolute Gasteiger partial charge is 0.269 e. The molecule has 92 valence electrons. The largest absolute Gasteiger partial charge is 0.495 e. The lowest BCUT2D eigenvalue weighted by molar-refractivity contribution is 0.102. The number of anilines is 1. The molecule has 2 aromatic rings. The minimum atomic E-state index is -0.222. The number of nitrogens with one attached hydrogen (secondary N) is 1. The van der Waals surface area contributed by atoms with Crippen LogP contribution < -0.4 is 10.1 Å². The molecule has 0 fully saturated rings. The minimum Gasteiger partial charge on any atom is -0.495 e. The molecule has 0 atom stereocenters. The van der Waals surface area contributed by atoms with Gasteiger partial charge < -0.3 is 10.1 Å². The molecule has 1 amide bonds. The second-order valence-corrected chi connectivity index (χ2v) is 4.43. The van der Waals surface area contributed by atoms with Gasteiger partial charge in [-0.05, 0) is 35.7 Å². The van der Waals surface area contributed by atoms with Crippen molar-refractivity contribution in [1.29, 1.82) is 0 Å². The molecule has 0 aliphatic heterocycles. The average molecular weight is 261 g/mol. The van der Waals surface area contributed by atoms with Crippen molar-refractivity contribution in [2.75, 3.05) is 12.4 Å². The molecule has 2 rings (SSSR count). The molecule has 0 radical (unpaired) electrons. The van der Waals surface area contributed by atoms with Crippen molar-refractivity contribution in [2.24, 2.45) is 0 Å². The van der Waals surface area contributed by atoms with Gasteiger partial charge in [0.05, 0.1) is 7.11 Å². The topological polar surface area (TPSA) is 55.4 Å². The molecule has 1 heterocycles. The standard InChI is InChI=1S/C13H11NO3S/c1-17-11-6-7-18-12(11)13(16)14-10-4-2-9(8-15)3-5-10/h2-8H,1H3,(H,14,16). The highest BCUT2D eigenvalue weighted by molar-refractivity contribution is 7.12. The van der Waals surface area contributed by atoms with E-state index < -0.39 is 0 Å². The highest BCUT2D eigenvalue weighted by atomic mass is 32.1. The van der Waals surface area contributed by atoms with Crippen molar-refractivity contribution in [3.8, 4) is 5.75 Å². The van der Waals surface area contributed by atoms with Gasteiger partial charge in [0, 0.05) is 11.3 Å². The molecule has 1 aromatic heterocycles. The number of hydrogen-bond donors (Lipinski definition) is 1. The minimum absolute atomic E-state index is 0.222. The van der Waals surface area contributed by atoms with E-state index >= 15 is 0 Å². The fraction of sp³-hybridized carbons (Fsp3) is 0.0769. The Bertz CT molecular complexity index is 560. The Labute approximate surface area is 108 Å². The van der Waals surface area contributed by atoms with Crippen molar-refractivity contribution in [3.63, 3.8) is 0 Å². The molecule has 18 heavy (non-hydrogen) atoms. The summed E-state index contributed by atoms with van der Waals surface area (Å²) in [7, 11) is 1.53. The summed E-state index contributed by atoms with van der Waals surface area (Å²) >= 11 is 1.32. The fourth-order valence-electron chi connectivity index (χ4n) is 1.46. The van der Waals surface area contributed by atoms with Crippen LogP contribution in [0.5, 0.6) is 5.75 Å². The molecule has 0 spiro atoms. The summed E-state index contributed by atoms with van der Waals surface area (Å²) in [6, 6.07) is 8.40. The van der Waals surface area contributed by atoms with Crippen LogP contribution in [0.25, 0.3) is 0 Å². The number of thiophene rings is 1. The van der Waals surface area contributed by atoms with Crippen LogP contribution in [0.3, 0.4) is 0 Å². The first-order chi connectivity index (χ1) is 8.74. The van der Waals surface area contributed by atoms with Crippen LogP contribution in [-0.2, 0) is 0 Å². The van der Waals surface area contributed by atoms with Crippen LogP contribution in [0.15, 0.2) is 35.7 Å². The van der Waals surface area contributed by atoms with Crippen LogP contribution in [0.1, 0.15) is 20.0 Å². The molecule has 0 aliphatic rings. The van der Waals surface area contributed by atoms with Gasteiger partial charge in [0.2, 0.25) is 0 Å². The Hall–Kier alpha value is -2.14. The molecule has 1 N–H and O–H groups in total. The number of aldehydes is 1. The van der Waals surface area contributed by atoms with Crippen LogP contribution in [-0.4, -0.2) is 19.3 Å². The van der Waals surface area contributed by atoms with Crippen molar-refractivity contribution < 1.29 is 14.3 Å². The summed E-state index contributed by atoms with van der Waals surface area (Å²) in [4.78, 5) is 23.0. The van der Waals surface area contributed by atoms with Gasteiger partial charge in [0.15, 0.2) is 0 Å². The summed E-state index contributed by atoms with van der Waals surface area (Å²) in [5.41, 5.74) is 1.21. The van der Waals surface area contributed by atoms with Crippen molar-refractivity contribution in [2.45, 2.75) is 0 Å². The molecule has 0 bridgehead atoms. The summed E-state index contributed by atoms with van der Waals surface area (Å²) < 4.78 is 5.08. The highest BCUT2D eigenvalue weighted by Crippen LogP contribution is 2.25. The van der Waals surface area contributed by atoms with Gasteiger partial charge in [-0.25, -0.2) is 0 Å². The SMILES string of the molecule is COc1ccsc1C(=O)Nc1ccc(C=O)cc1. The third kappa shape index (κ3) is 2.57. The van der Waals surface area contributed by atoms with E-state index in [9.17, 15) is 9.59 Å². The quantitative estimate of drug-likeness (QED) is 0.861. The van der Waals surface area contributed by atoms with E-state index in [-0.39, 0.29) is 5.91 Å². The monoisotopic (exact) mass is 261 g/mol. The van der Waals surface area contributed by atoms with E-state index in [1.54, 1.807) is 35.7 Å². The summed E-state index contributed by atoms with van der Waals surface area (Å²) in [6.45, 7) is 0. The van der Waals surface area contributed by atoms with E-state index in [4.69, 9.17) is 4.74 Å². The number of rotatable bonds is 4. The van der Waals surface area contributed by atoms with Crippen molar-refractivity contribution >= 4 is 29.2 Å². The van der Waals surface area contributed by atoms with E-state index in [0.29, 0.717) is 21.9 Å². The zero-order valence-corrected chi connectivity index (χ0v) is 10.5. The predicted octanol–water partition coefficient (Wildman–Crippen LogP) is 2.82. The van der Waals surface area contributed by atoms with E-state index in [2.05, 4.69) is 5.32 Å². The van der Waals surface area contributed by atoms with E-state index in [1.165, 1.54) is 18.4 Å². The number of methoxy groups -OCH3 is 1. The van der Waals surface area contributed by atoms with Gasteiger partial charge in [-0.2, -0.15) is 0 Å². The summed E-state index contributed by atoms with van der Waals surface area (Å²) in [5, 5.41) is 4.54. The lowest BCUT2D eigenvalue weighted by Gasteiger charge is -2.05. The first kappa shape index (κ1) is 12.3. The van der Waals surface area contributed by atoms with Crippen LogP contribution in [0, 0.1) is 0 Å². The van der Waals surface area contributed by atoms with Gasteiger partial charge >= 0.3 is 0 Å². The lowest BCUT2D eigenvalue weighted by Crippen LogP contribution is -2.11. The van der Waals surface area contributed by atoms with Crippen molar-refractivity contribution in [1.82, 2.24) is 0 Å². The number of ether oxygens (including phenoxy) is 1. The second kappa shape index (κ2) is 5.46. The number of amides is 1. The van der Waals surface area contributed by atoms with Crippen LogP contribution in [0.4, 0.5) is 5.69 Å². The molecule has 0 aliphatic carbocycles. The molecule has 5 heteroatoms. The van der Waals surface area contributed by atoms with Gasteiger partial charge in [-0.3, -0.25) is 9.59 Å². The predicted molar refractivity (Wildman–Crippen MR) is 70.7 cm³/mol. The molecule has 4 nitrogen and oxygen atoms in total. The highest BCUT2D eigenvalue weighted by Gasteiger charge is 2.13. The molecule has 1 aromatic carbocycles. The van der Waals surface area contributed by atoms with Gasteiger partial charge in [0.25, 0.3) is 5.91 Å². The normalized spacial score (nSPS) is 9.83. The van der Waals surface area contributed by atoms with E-state index in [1.807, 2.05) is 0 Å². The van der Waals surface area contributed by atoms with Crippen LogP contribution in [0.2, 0.25) is 0 Å². The van der Waals surface area contributed by atoms with E-state index in [0.717, 1.165) is 6.29 Å². The lowest BCUT2D eigenvalue weighted by atomic mass is 10.2. The van der Waals surface area contributed by atoms with Gasteiger partial charge in [-0.15, -0.1) is 11.3 Å². The Kier molecular flexibility index (Phi) is 3.74. The number of benzene rings is 1. The zero-order valence-electron chi connectivity index (χ0n) is 9.67. The first-order valence-electron chi connectivity index (χ1n) is 5.22. The van der Waals surface area contributed by atoms with Gasteiger partial charge in [-0.1, -0.05) is 0 Å². The second-order valence-electron chi connectivity index (χ2n) is 3.51. The molecular formula is C13H11NO3S. The van der Waals surface area contributed by atoms with Crippen molar-refractivity contribution in [3.05, 3.63) is 46.2 Å². The summed E-state index contributed by atoms with van der Waals surface area (Å²) in [5.74, 6) is 0.336. The number of carbonyl (C=O) groups is 2. The summed E-state index contributed by atoms with van der Waals surface area (Å²) in [6.07, 6.45) is 0.758. The molecule has 0 saturated carbocycles. The maximum atomic E-state index is 12.0.